The second-order valence-corrected chi connectivity index (χ2v) is 4.64. The molecule has 0 aliphatic rings. The first-order valence-electron chi connectivity index (χ1n) is 5.06. The van der Waals surface area contributed by atoms with Crippen LogP contribution >= 0.6 is 11.3 Å². The van der Waals surface area contributed by atoms with Crippen LogP contribution in [-0.4, -0.2) is 22.9 Å². The number of pyridine rings is 1. The molecule has 17 heavy (non-hydrogen) atoms. The molecule has 0 radical (unpaired) electrons. The fourth-order valence-corrected chi connectivity index (χ4v) is 1.95. The lowest BCUT2D eigenvalue weighted by atomic mass is 10.2. The van der Waals surface area contributed by atoms with Gasteiger partial charge in [-0.15, -0.1) is 11.3 Å². The van der Waals surface area contributed by atoms with Gasteiger partial charge in [0.2, 0.25) is 0 Å². The average molecular weight is 248 g/mol. The maximum Gasteiger partial charge on any atom is 0.257 e. The van der Waals surface area contributed by atoms with Crippen LogP contribution in [0.4, 0.5) is 10.9 Å². The quantitative estimate of drug-likeness (QED) is 0.873. The summed E-state index contributed by atoms with van der Waals surface area (Å²) in [6.07, 6.45) is 3.32. The zero-order valence-corrected chi connectivity index (χ0v) is 10.3. The Labute approximate surface area is 103 Å². The zero-order valence-electron chi connectivity index (χ0n) is 9.52. The average Bonchev–Trinajstić information content (AvgIpc) is 2.75. The molecule has 2 rings (SSSR count). The predicted octanol–water partition coefficient (Wildman–Crippen LogP) is 2.14. The normalized spacial score (nSPS) is 10.0. The van der Waals surface area contributed by atoms with Gasteiger partial charge in [0.05, 0.1) is 0 Å². The van der Waals surface area contributed by atoms with Gasteiger partial charge in [-0.2, -0.15) is 0 Å². The molecule has 2 N–H and O–H groups in total. The van der Waals surface area contributed by atoms with Crippen molar-refractivity contribution < 1.29 is 4.79 Å². The SMILES string of the molecule is CNc1cc(C(=O)Nc2ncc(C)s2)ccn1. The molecule has 5 nitrogen and oxygen atoms in total. The Morgan fingerprint density at radius 2 is 2.24 bits per heavy atom. The minimum Gasteiger partial charge on any atom is -0.373 e. The molecule has 0 spiro atoms. The Morgan fingerprint density at radius 1 is 1.41 bits per heavy atom. The van der Waals surface area contributed by atoms with Crippen LogP contribution in [0, 0.1) is 6.92 Å². The standard InChI is InChI=1S/C11H12N4OS/c1-7-6-14-11(17-7)15-10(16)8-3-4-13-9(5-8)12-2/h3-6H,1-2H3,(H,12,13)(H,14,15,16). The highest BCUT2D eigenvalue weighted by Crippen LogP contribution is 2.17. The number of aryl methyl sites for hydroxylation is 1. The van der Waals surface area contributed by atoms with Crippen molar-refractivity contribution in [1.82, 2.24) is 9.97 Å². The third kappa shape index (κ3) is 2.79. The van der Waals surface area contributed by atoms with E-state index in [1.54, 1.807) is 31.6 Å². The van der Waals surface area contributed by atoms with E-state index < -0.39 is 0 Å². The highest BCUT2D eigenvalue weighted by atomic mass is 32.1. The van der Waals surface area contributed by atoms with Gasteiger partial charge in [-0.1, -0.05) is 0 Å². The molecule has 2 heterocycles. The van der Waals surface area contributed by atoms with Crippen molar-refractivity contribution in [2.45, 2.75) is 6.92 Å². The number of amides is 1. The van der Waals surface area contributed by atoms with Crippen LogP contribution in [0.5, 0.6) is 0 Å². The van der Waals surface area contributed by atoms with Crippen LogP contribution in [0.25, 0.3) is 0 Å². The lowest BCUT2D eigenvalue weighted by Crippen LogP contribution is -2.12. The number of carbonyl (C=O) groups is 1. The number of hydrogen-bond donors (Lipinski definition) is 2. The maximum absolute atomic E-state index is 11.9. The summed E-state index contributed by atoms with van der Waals surface area (Å²) in [4.78, 5) is 21.1. The molecule has 0 aliphatic heterocycles. The van der Waals surface area contributed by atoms with Gasteiger partial charge in [-0.25, -0.2) is 9.97 Å². The number of nitrogens with zero attached hydrogens (tertiary/aromatic N) is 2. The maximum atomic E-state index is 11.9. The van der Waals surface area contributed by atoms with E-state index in [4.69, 9.17) is 0 Å². The van der Waals surface area contributed by atoms with Crippen molar-refractivity contribution in [1.29, 1.82) is 0 Å². The number of hydrogen-bond acceptors (Lipinski definition) is 5. The molecule has 0 saturated heterocycles. The molecule has 1 amide bonds. The molecule has 0 fully saturated rings. The van der Waals surface area contributed by atoms with E-state index in [-0.39, 0.29) is 5.91 Å². The largest absolute Gasteiger partial charge is 0.373 e. The Balaban J connectivity index is 2.14. The second-order valence-electron chi connectivity index (χ2n) is 3.41. The summed E-state index contributed by atoms with van der Waals surface area (Å²) in [5, 5.41) is 6.24. The molecule has 0 saturated carbocycles. The molecule has 2 aromatic heterocycles. The van der Waals surface area contributed by atoms with Crippen LogP contribution in [0.3, 0.4) is 0 Å². The van der Waals surface area contributed by atoms with E-state index in [1.807, 2.05) is 6.92 Å². The second kappa shape index (κ2) is 4.92. The third-order valence-electron chi connectivity index (χ3n) is 2.12. The molecule has 0 unspecified atom stereocenters. The van der Waals surface area contributed by atoms with Gasteiger partial charge in [0, 0.05) is 29.9 Å². The van der Waals surface area contributed by atoms with Crippen molar-refractivity contribution in [2.24, 2.45) is 0 Å². The summed E-state index contributed by atoms with van der Waals surface area (Å²) in [6.45, 7) is 1.94. The third-order valence-corrected chi connectivity index (χ3v) is 2.95. The minimum absolute atomic E-state index is 0.182. The molecule has 0 aromatic carbocycles. The van der Waals surface area contributed by atoms with Gasteiger partial charge in [0.15, 0.2) is 5.13 Å². The van der Waals surface area contributed by atoms with E-state index >= 15 is 0 Å². The zero-order chi connectivity index (χ0) is 12.3. The monoisotopic (exact) mass is 248 g/mol. The lowest BCUT2D eigenvalue weighted by molar-refractivity contribution is 0.102. The molecule has 0 atom stereocenters. The number of rotatable bonds is 3. The minimum atomic E-state index is -0.182. The van der Waals surface area contributed by atoms with Crippen molar-refractivity contribution in [3.05, 3.63) is 35.0 Å². The van der Waals surface area contributed by atoms with E-state index in [9.17, 15) is 4.79 Å². The summed E-state index contributed by atoms with van der Waals surface area (Å²) in [5.74, 6) is 0.478. The molecule has 6 heteroatoms. The highest BCUT2D eigenvalue weighted by molar-refractivity contribution is 7.15. The van der Waals surface area contributed by atoms with Gasteiger partial charge in [0.1, 0.15) is 5.82 Å². The molecule has 0 aliphatic carbocycles. The summed E-state index contributed by atoms with van der Waals surface area (Å²) in [7, 11) is 1.76. The summed E-state index contributed by atoms with van der Waals surface area (Å²) >= 11 is 1.45. The van der Waals surface area contributed by atoms with Crippen LogP contribution < -0.4 is 10.6 Å². The molecule has 2 aromatic rings. The number of thiazole rings is 1. The number of aromatic nitrogens is 2. The van der Waals surface area contributed by atoms with E-state index in [0.29, 0.717) is 16.5 Å². The van der Waals surface area contributed by atoms with Crippen LogP contribution in [0.15, 0.2) is 24.5 Å². The van der Waals surface area contributed by atoms with Gasteiger partial charge in [0.25, 0.3) is 5.91 Å². The fraction of sp³-hybridized carbons (Fsp3) is 0.182. The Hall–Kier alpha value is -1.95. The van der Waals surface area contributed by atoms with E-state index in [2.05, 4.69) is 20.6 Å². The van der Waals surface area contributed by atoms with Gasteiger partial charge >= 0.3 is 0 Å². The van der Waals surface area contributed by atoms with Crippen LogP contribution in [-0.2, 0) is 0 Å². The van der Waals surface area contributed by atoms with Gasteiger partial charge < -0.3 is 5.32 Å². The summed E-state index contributed by atoms with van der Waals surface area (Å²) in [6, 6.07) is 3.35. The van der Waals surface area contributed by atoms with Gasteiger partial charge in [-0.05, 0) is 19.1 Å². The Kier molecular flexibility index (Phi) is 3.34. The van der Waals surface area contributed by atoms with Crippen molar-refractivity contribution in [2.75, 3.05) is 17.7 Å². The molecule has 0 bridgehead atoms. The summed E-state index contributed by atoms with van der Waals surface area (Å²) in [5.41, 5.74) is 0.553. The number of nitrogens with one attached hydrogen (secondary N) is 2. The highest BCUT2D eigenvalue weighted by Gasteiger charge is 2.08. The fourth-order valence-electron chi connectivity index (χ4n) is 1.29. The first kappa shape index (κ1) is 11.5. The number of carbonyl (C=O) groups excluding carboxylic acids is 1. The van der Waals surface area contributed by atoms with Crippen LogP contribution in [0.1, 0.15) is 15.2 Å². The predicted molar refractivity (Wildman–Crippen MR) is 68.6 cm³/mol. The van der Waals surface area contributed by atoms with E-state index in [1.165, 1.54) is 11.3 Å². The van der Waals surface area contributed by atoms with Gasteiger partial charge in [-0.3, -0.25) is 10.1 Å². The Morgan fingerprint density at radius 3 is 2.88 bits per heavy atom. The lowest BCUT2D eigenvalue weighted by Gasteiger charge is -2.03. The summed E-state index contributed by atoms with van der Waals surface area (Å²) < 4.78 is 0. The van der Waals surface area contributed by atoms with Crippen LogP contribution in [0.2, 0.25) is 0 Å². The first-order valence-corrected chi connectivity index (χ1v) is 5.88. The molecule has 88 valence electrons. The number of anilines is 2. The Bertz CT molecular complexity index is 538. The van der Waals surface area contributed by atoms with Crippen molar-refractivity contribution in [3.8, 4) is 0 Å². The van der Waals surface area contributed by atoms with E-state index in [0.717, 1.165) is 4.88 Å². The topological polar surface area (TPSA) is 66.9 Å². The molecular formula is C11H12N4OS. The molecular weight excluding hydrogens is 236 g/mol. The van der Waals surface area contributed by atoms with Crippen molar-refractivity contribution in [3.63, 3.8) is 0 Å². The van der Waals surface area contributed by atoms with Crippen molar-refractivity contribution >= 4 is 28.2 Å². The smallest absolute Gasteiger partial charge is 0.257 e. The first-order chi connectivity index (χ1) is 8.19.